The molecule has 0 aliphatic rings. The molecule has 36 heavy (non-hydrogen) atoms. The zero-order valence-corrected chi connectivity index (χ0v) is 19.8. The summed E-state index contributed by atoms with van der Waals surface area (Å²) in [6.07, 6.45) is 1.77. The number of ether oxygens (including phenoxy) is 2. The number of rotatable bonds is 7. The van der Waals surface area contributed by atoms with E-state index in [2.05, 4.69) is 25.2 Å². The number of amides is 1. The molecule has 10 heteroatoms. The van der Waals surface area contributed by atoms with Crippen molar-refractivity contribution in [3.05, 3.63) is 83.6 Å². The van der Waals surface area contributed by atoms with Crippen molar-refractivity contribution in [1.82, 2.24) is 15.1 Å². The monoisotopic (exact) mass is 490 g/mol. The van der Waals surface area contributed by atoms with Crippen molar-refractivity contribution in [3.63, 3.8) is 0 Å². The van der Waals surface area contributed by atoms with Crippen LogP contribution < -0.4 is 5.32 Å². The van der Waals surface area contributed by atoms with E-state index in [0.717, 1.165) is 11.1 Å². The van der Waals surface area contributed by atoms with Gasteiger partial charge in [0, 0.05) is 23.5 Å². The van der Waals surface area contributed by atoms with Gasteiger partial charge in [-0.15, -0.1) is 0 Å². The highest BCUT2D eigenvalue weighted by Gasteiger charge is 2.21. The Bertz CT molecular complexity index is 1370. The molecule has 0 radical (unpaired) electrons. The van der Waals surface area contributed by atoms with Gasteiger partial charge in [0.2, 0.25) is 5.76 Å². The van der Waals surface area contributed by atoms with E-state index in [4.69, 9.17) is 9.26 Å². The Hall–Kier alpha value is -4.60. The number of aromatic nitrogens is 3. The molecule has 184 valence electrons. The number of nitrogens with one attached hydrogen (secondary N) is 1. The second-order valence-electron chi connectivity index (χ2n) is 7.90. The smallest absolute Gasteiger partial charge is 0.412 e. The first-order chi connectivity index (χ1) is 17.4. The third-order valence-electron chi connectivity index (χ3n) is 5.41. The van der Waals surface area contributed by atoms with Gasteiger partial charge in [0.15, 0.2) is 0 Å². The zero-order valence-electron chi connectivity index (χ0n) is 19.8. The summed E-state index contributed by atoms with van der Waals surface area (Å²) in [5, 5.41) is 6.54. The molecule has 3 aromatic heterocycles. The van der Waals surface area contributed by atoms with Crippen LogP contribution in [0, 0.1) is 12.7 Å². The SMILES string of the molecule is COC(=O)Cc1ccc(-c2ccc(-c3onc(C)c3NC(=O)OC(C)c3ccccc3F)nc2)nc1. The normalized spacial score (nSPS) is 11.6. The second kappa shape index (κ2) is 10.8. The number of pyridine rings is 2. The Kier molecular flexibility index (Phi) is 7.33. The minimum Gasteiger partial charge on any atom is -0.469 e. The summed E-state index contributed by atoms with van der Waals surface area (Å²) in [5.41, 5.74) is 3.56. The summed E-state index contributed by atoms with van der Waals surface area (Å²) in [6, 6.07) is 13.2. The first kappa shape index (κ1) is 24.5. The molecule has 1 atom stereocenters. The average Bonchev–Trinajstić information content (AvgIpc) is 3.24. The van der Waals surface area contributed by atoms with Crippen LogP contribution in [0.25, 0.3) is 22.7 Å². The summed E-state index contributed by atoms with van der Waals surface area (Å²) in [5.74, 6) is -0.555. The summed E-state index contributed by atoms with van der Waals surface area (Å²) in [6.45, 7) is 3.24. The first-order valence-electron chi connectivity index (χ1n) is 11.0. The van der Waals surface area contributed by atoms with Gasteiger partial charge in [-0.1, -0.05) is 29.4 Å². The quantitative estimate of drug-likeness (QED) is 0.348. The fourth-order valence-electron chi connectivity index (χ4n) is 3.47. The lowest BCUT2D eigenvalue weighted by molar-refractivity contribution is -0.139. The fourth-order valence-corrected chi connectivity index (χ4v) is 3.47. The van der Waals surface area contributed by atoms with Gasteiger partial charge in [0.25, 0.3) is 0 Å². The second-order valence-corrected chi connectivity index (χ2v) is 7.90. The zero-order chi connectivity index (χ0) is 25.7. The predicted octanol–water partition coefficient (Wildman–Crippen LogP) is 5.27. The van der Waals surface area contributed by atoms with Crippen LogP contribution >= 0.6 is 0 Å². The van der Waals surface area contributed by atoms with Crippen LogP contribution in [0.3, 0.4) is 0 Å². The third-order valence-corrected chi connectivity index (χ3v) is 5.41. The van der Waals surface area contributed by atoms with Crippen molar-refractivity contribution in [3.8, 4) is 22.7 Å². The van der Waals surface area contributed by atoms with E-state index in [9.17, 15) is 14.0 Å². The molecule has 0 spiro atoms. The van der Waals surface area contributed by atoms with E-state index in [0.29, 0.717) is 22.8 Å². The number of esters is 1. The number of anilines is 1. The first-order valence-corrected chi connectivity index (χ1v) is 11.0. The molecule has 9 nitrogen and oxygen atoms in total. The predicted molar refractivity (Wildman–Crippen MR) is 128 cm³/mol. The summed E-state index contributed by atoms with van der Waals surface area (Å²) >= 11 is 0. The average molecular weight is 490 g/mol. The van der Waals surface area contributed by atoms with Crippen molar-refractivity contribution in [2.75, 3.05) is 12.4 Å². The maximum Gasteiger partial charge on any atom is 0.412 e. The lowest BCUT2D eigenvalue weighted by Crippen LogP contribution is -2.17. The van der Waals surface area contributed by atoms with E-state index in [1.54, 1.807) is 68.7 Å². The molecule has 4 rings (SSSR count). The minimum absolute atomic E-state index is 0.142. The number of aryl methyl sites for hydroxylation is 1. The minimum atomic E-state index is -0.807. The molecule has 4 aromatic rings. The third kappa shape index (κ3) is 5.54. The standard InChI is InChI=1S/C26H23FN4O5/c1-15-24(30-26(33)35-16(2)19-6-4-5-7-20(19)27)25(36-31-15)22-11-9-18(14-29-22)21-10-8-17(13-28-21)12-23(32)34-3/h4-11,13-14,16H,12H2,1-3H3,(H,30,33). The van der Waals surface area contributed by atoms with Gasteiger partial charge in [-0.25, -0.2) is 9.18 Å². The topological polar surface area (TPSA) is 116 Å². The van der Waals surface area contributed by atoms with Crippen LogP contribution in [-0.4, -0.2) is 34.3 Å². The largest absolute Gasteiger partial charge is 0.469 e. The Morgan fingerprint density at radius 3 is 2.47 bits per heavy atom. The van der Waals surface area contributed by atoms with Crippen molar-refractivity contribution >= 4 is 17.7 Å². The Balaban J connectivity index is 1.47. The molecule has 3 heterocycles. The number of hydrogen-bond acceptors (Lipinski definition) is 8. The van der Waals surface area contributed by atoms with Crippen molar-refractivity contribution < 1.29 is 28.0 Å². The number of benzene rings is 1. The highest BCUT2D eigenvalue weighted by atomic mass is 19.1. The van der Waals surface area contributed by atoms with E-state index in [-0.39, 0.29) is 23.7 Å². The lowest BCUT2D eigenvalue weighted by Gasteiger charge is -2.15. The van der Waals surface area contributed by atoms with Gasteiger partial charge in [-0.05, 0) is 43.7 Å². The lowest BCUT2D eigenvalue weighted by atomic mass is 10.1. The molecule has 0 saturated carbocycles. The Morgan fingerprint density at radius 2 is 1.81 bits per heavy atom. The Morgan fingerprint density at radius 1 is 1.06 bits per heavy atom. The van der Waals surface area contributed by atoms with Crippen LogP contribution in [0.15, 0.2) is 65.4 Å². The Labute approximate surface area is 206 Å². The van der Waals surface area contributed by atoms with Crippen LogP contribution in [0.5, 0.6) is 0 Å². The van der Waals surface area contributed by atoms with Crippen LogP contribution in [0.1, 0.15) is 29.8 Å². The van der Waals surface area contributed by atoms with Crippen LogP contribution in [0.2, 0.25) is 0 Å². The van der Waals surface area contributed by atoms with Crippen molar-refractivity contribution in [1.29, 1.82) is 0 Å². The number of carbonyl (C=O) groups excluding carboxylic acids is 2. The summed E-state index contributed by atoms with van der Waals surface area (Å²) < 4.78 is 29.4. The molecule has 0 aliphatic carbocycles. The summed E-state index contributed by atoms with van der Waals surface area (Å²) in [4.78, 5) is 32.7. The number of nitrogens with zero attached hydrogens (tertiary/aromatic N) is 3. The van der Waals surface area contributed by atoms with Crippen LogP contribution in [-0.2, 0) is 20.7 Å². The summed E-state index contributed by atoms with van der Waals surface area (Å²) in [7, 11) is 1.34. The van der Waals surface area contributed by atoms with Gasteiger partial charge >= 0.3 is 12.1 Å². The number of hydrogen-bond donors (Lipinski definition) is 1. The van der Waals surface area contributed by atoms with E-state index < -0.39 is 18.0 Å². The van der Waals surface area contributed by atoms with Gasteiger partial charge in [0.1, 0.15) is 29.0 Å². The fraction of sp³-hybridized carbons (Fsp3) is 0.192. The molecule has 1 amide bonds. The molecular formula is C26H23FN4O5. The maximum absolute atomic E-state index is 14.0. The van der Waals surface area contributed by atoms with Gasteiger partial charge in [-0.2, -0.15) is 0 Å². The van der Waals surface area contributed by atoms with Crippen molar-refractivity contribution in [2.45, 2.75) is 26.4 Å². The van der Waals surface area contributed by atoms with Gasteiger partial charge in [-0.3, -0.25) is 20.1 Å². The van der Waals surface area contributed by atoms with Crippen LogP contribution in [0.4, 0.5) is 14.9 Å². The number of carbonyl (C=O) groups is 2. The maximum atomic E-state index is 14.0. The molecule has 1 N–H and O–H groups in total. The van der Waals surface area contributed by atoms with Gasteiger partial charge in [0.05, 0.1) is 19.2 Å². The van der Waals surface area contributed by atoms with Gasteiger partial charge < -0.3 is 14.0 Å². The van der Waals surface area contributed by atoms with E-state index in [1.165, 1.54) is 13.2 Å². The number of methoxy groups -OCH3 is 1. The molecular weight excluding hydrogens is 467 g/mol. The van der Waals surface area contributed by atoms with E-state index in [1.807, 2.05) is 0 Å². The molecule has 1 aromatic carbocycles. The molecule has 1 unspecified atom stereocenters. The highest BCUT2D eigenvalue weighted by Crippen LogP contribution is 2.31. The number of halogens is 1. The molecule has 0 fully saturated rings. The van der Waals surface area contributed by atoms with Crippen molar-refractivity contribution in [2.24, 2.45) is 0 Å². The highest BCUT2D eigenvalue weighted by molar-refractivity contribution is 5.90. The molecule has 0 bridgehead atoms. The molecule has 0 aliphatic heterocycles. The van der Waals surface area contributed by atoms with E-state index >= 15 is 0 Å². The molecule has 0 saturated heterocycles.